The first kappa shape index (κ1) is 42.3. The number of hydrogen-bond donors (Lipinski definition) is 3. The van der Waals surface area contributed by atoms with Crippen LogP contribution in [-0.4, -0.2) is 18.2 Å². The Morgan fingerprint density at radius 3 is 1.19 bits per heavy atom. The monoisotopic (exact) mass is 647 g/mol. The zero-order valence-electron chi connectivity index (χ0n) is 33.3. The minimum absolute atomic E-state index is 0.104. The second kappa shape index (κ2) is 18.2. The summed E-state index contributed by atoms with van der Waals surface area (Å²) in [4.78, 5) is 0. The molecule has 2 rings (SSSR count). The maximum atomic E-state index is 11.0. The Bertz CT molecular complexity index is 1200. The van der Waals surface area contributed by atoms with Gasteiger partial charge >= 0.3 is 0 Å². The van der Waals surface area contributed by atoms with Gasteiger partial charge in [-0.2, -0.15) is 0 Å². The Hall–Kier alpha value is -2.68. The number of aromatic hydroxyl groups is 1. The normalized spacial score (nSPS) is 12.3. The van der Waals surface area contributed by atoms with Gasteiger partial charge in [-0.25, -0.2) is 0 Å². The summed E-state index contributed by atoms with van der Waals surface area (Å²) in [5, 5.41) is 18.1. The maximum Gasteiger partial charge on any atom is 0.123 e. The molecule has 0 bridgehead atoms. The first-order valence-electron chi connectivity index (χ1n) is 18.4. The van der Waals surface area contributed by atoms with Crippen LogP contribution in [0.5, 0.6) is 5.75 Å². The van der Waals surface area contributed by atoms with Crippen molar-refractivity contribution in [3.8, 4) is 5.75 Å². The van der Waals surface area contributed by atoms with Crippen LogP contribution in [0.1, 0.15) is 169 Å². The van der Waals surface area contributed by atoms with E-state index in [9.17, 15) is 5.11 Å². The summed E-state index contributed by atoms with van der Waals surface area (Å²) in [6, 6.07) is 11.6. The molecule has 0 saturated carbocycles. The molecule has 0 amide bonds. The molecule has 0 heterocycles. The van der Waals surface area contributed by atoms with Crippen LogP contribution in [-0.2, 0) is 34.5 Å². The molecule has 0 unspecified atom stereocenters. The van der Waals surface area contributed by atoms with E-state index in [-0.39, 0.29) is 21.7 Å². The summed E-state index contributed by atoms with van der Waals surface area (Å²) in [6.07, 6.45) is 8.58. The third-order valence-electron chi connectivity index (χ3n) is 8.80. The van der Waals surface area contributed by atoms with Crippen molar-refractivity contribution in [3.05, 3.63) is 88.3 Å². The molecule has 0 aliphatic rings. The van der Waals surface area contributed by atoms with Crippen LogP contribution in [0.2, 0.25) is 0 Å². The fourth-order valence-corrected chi connectivity index (χ4v) is 5.59. The Morgan fingerprint density at radius 1 is 0.532 bits per heavy atom. The van der Waals surface area contributed by atoms with Crippen LogP contribution in [0.4, 0.5) is 0 Å². The van der Waals surface area contributed by atoms with Crippen molar-refractivity contribution in [3.63, 3.8) is 0 Å². The second-order valence-electron chi connectivity index (χ2n) is 17.4. The van der Waals surface area contributed by atoms with Gasteiger partial charge in [0.05, 0.1) is 0 Å². The fourth-order valence-electron chi connectivity index (χ4n) is 5.59. The predicted molar refractivity (Wildman–Crippen MR) is 210 cm³/mol. The molecule has 47 heavy (non-hydrogen) atoms. The summed E-state index contributed by atoms with van der Waals surface area (Å²) in [5.74, 6) is 0.451. The lowest BCUT2D eigenvalue weighted by Gasteiger charge is -2.28. The smallest absolute Gasteiger partial charge is 0.123 e. The molecule has 0 saturated heterocycles. The van der Waals surface area contributed by atoms with Crippen molar-refractivity contribution in [2.45, 2.75) is 170 Å². The molecule has 2 aromatic rings. The van der Waals surface area contributed by atoms with E-state index in [0.717, 1.165) is 67.7 Å². The van der Waals surface area contributed by atoms with Crippen molar-refractivity contribution in [2.24, 2.45) is 0 Å². The van der Waals surface area contributed by atoms with Crippen LogP contribution in [0.3, 0.4) is 0 Å². The van der Waals surface area contributed by atoms with E-state index >= 15 is 0 Å². The van der Waals surface area contributed by atoms with Gasteiger partial charge < -0.3 is 15.7 Å². The second-order valence-corrected chi connectivity index (χ2v) is 17.4. The van der Waals surface area contributed by atoms with Crippen molar-refractivity contribution >= 4 is 0 Å². The molecule has 3 N–H and O–H groups in total. The van der Waals surface area contributed by atoms with Gasteiger partial charge in [-0.05, 0) is 93.6 Å². The maximum absolute atomic E-state index is 11.0. The third-order valence-corrected chi connectivity index (χ3v) is 8.80. The van der Waals surface area contributed by atoms with Gasteiger partial charge in [-0.3, -0.25) is 0 Å². The summed E-state index contributed by atoms with van der Waals surface area (Å²) < 4.78 is 0. The minimum atomic E-state index is -0.104. The molecule has 266 valence electrons. The first-order chi connectivity index (χ1) is 21.6. The first-order valence-corrected chi connectivity index (χ1v) is 18.4. The Morgan fingerprint density at radius 2 is 0.872 bits per heavy atom. The molecule has 0 spiro atoms. The average Bonchev–Trinajstić information content (AvgIpc) is 2.95. The van der Waals surface area contributed by atoms with Crippen LogP contribution in [0, 0.1) is 0 Å². The highest BCUT2D eigenvalue weighted by Gasteiger charge is 2.26. The molecule has 0 radical (unpaired) electrons. The Kier molecular flexibility index (Phi) is 16.4. The molecular weight excluding hydrogens is 572 g/mol. The number of aryl methyl sites for hydroxylation is 2. The van der Waals surface area contributed by atoms with Crippen LogP contribution in [0.25, 0.3) is 0 Å². The van der Waals surface area contributed by atoms with E-state index in [4.69, 9.17) is 0 Å². The van der Waals surface area contributed by atoms with Crippen LogP contribution in [0.15, 0.2) is 54.9 Å². The summed E-state index contributed by atoms with van der Waals surface area (Å²) >= 11 is 0. The van der Waals surface area contributed by atoms with Crippen molar-refractivity contribution in [1.29, 1.82) is 0 Å². The lowest BCUT2D eigenvalue weighted by Crippen LogP contribution is -2.18. The third kappa shape index (κ3) is 15.0. The summed E-state index contributed by atoms with van der Waals surface area (Å²) in [7, 11) is 0. The van der Waals surface area contributed by atoms with Gasteiger partial charge in [0, 0.05) is 24.5 Å². The van der Waals surface area contributed by atoms with Crippen molar-refractivity contribution < 1.29 is 5.11 Å². The van der Waals surface area contributed by atoms with E-state index in [1.807, 2.05) is 13.8 Å². The molecule has 3 nitrogen and oxygen atoms in total. The highest BCUT2D eigenvalue weighted by atomic mass is 16.3. The number of allylic oxidation sites excluding steroid dienone is 2. The highest BCUT2D eigenvalue weighted by molar-refractivity contribution is 5.50. The zero-order chi connectivity index (χ0) is 36.2. The Balaban J connectivity index is 0.00000541. The number of phenolic OH excluding ortho intramolecular Hbond substituents is 1. The van der Waals surface area contributed by atoms with Gasteiger partial charge in [-0.1, -0.05) is 153 Å². The van der Waals surface area contributed by atoms with Gasteiger partial charge in [-0.15, -0.1) is 0 Å². The molecule has 0 atom stereocenters. The topological polar surface area (TPSA) is 44.3 Å². The molecule has 0 aliphatic heterocycles. The lowest BCUT2D eigenvalue weighted by atomic mass is 9.78. The number of phenols is 1. The zero-order valence-corrected chi connectivity index (χ0v) is 33.3. The molecule has 3 heteroatoms. The predicted octanol–water partition coefficient (Wildman–Crippen LogP) is 11.9. The van der Waals surface area contributed by atoms with Gasteiger partial charge in [0.25, 0.3) is 0 Å². The SMILES string of the molecule is C=C(CCc1cc(C(C)(C)C)cc(C(C)(C)C)c1)NCCCCCCNC(=C)CCc1cc(C(C)(C)C)c(O)c(C(C)(C)C)c1.CC. The quantitative estimate of drug-likeness (QED) is 0.169. The van der Waals surface area contributed by atoms with E-state index in [1.54, 1.807) is 0 Å². The summed E-state index contributed by atoms with van der Waals surface area (Å²) in [6.45, 7) is 41.4. The van der Waals surface area contributed by atoms with E-state index in [1.165, 1.54) is 41.5 Å². The number of rotatable bonds is 15. The molecule has 0 aliphatic carbocycles. The van der Waals surface area contributed by atoms with Crippen molar-refractivity contribution in [1.82, 2.24) is 10.6 Å². The van der Waals surface area contributed by atoms with Gasteiger partial charge in [0.1, 0.15) is 5.75 Å². The standard InChI is InChI=1S/C42H68N2O.C2H6/c1-30(19-21-32-25-34(39(3,4)5)29-35(26-32)40(6,7)8)43-23-17-15-16-18-24-44-31(2)20-22-33-27-36(41(9,10)11)38(45)37(28-33)42(12,13)14;1-2/h25-29,43-45H,1-2,15-24H2,3-14H3;1-2H3. The lowest BCUT2D eigenvalue weighted by molar-refractivity contribution is 0.422. The van der Waals surface area contributed by atoms with E-state index < -0.39 is 0 Å². The van der Waals surface area contributed by atoms with Crippen molar-refractivity contribution in [2.75, 3.05) is 13.1 Å². The molecule has 0 fully saturated rings. The number of benzene rings is 2. The summed E-state index contributed by atoms with van der Waals surface area (Å²) in [5.41, 5.74) is 9.91. The number of hydrogen-bond acceptors (Lipinski definition) is 3. The van der Waals surface area contributed by atoms with Crippen LogP contribution < -0.4 is 10.6 Å². The van der Waals surface area contributed by atoms with Gasteiger partial charge in [0.2, 0.25) is 0 Å². The fraction of sp³-hybridized carbons (Fsp3) is 0.636. The minimum Gasteiger partial charge on any atom is -0.507 e. The van der Waals surface area contributed by atoms with E-state index in [2.05, 4.69) is 137 Å². The van der Waals surface area contributed by atoms with Crippen LogP contribution >= 0.6 is 0 Å². The van der Waals surface area contributed by atoms with E-state index in [0.29, 0.717) is 5.75 Å². The average molecular weight is 647 g/mol. The highest BCUT2D eigenvalue weighted by Crippen LogP contribution is 2.40. The molecule has 2 aromatic carbocycles. The largest absolute Gasteiger partial charge is 0.507 e. The number of unbranched alkanes of at least 4 members (excludes halogenated alkanes) is 3. The Labute approximate surface area is 292 Å². The molecular formula is C44H74N2O. The number of nitrogens with one attached hydrogen (secondary N) is 2. The molecule has 0 aromatic heterocycles. The van der Waals surface area contributed by atoms with Gasteiger partial charge in [0.15, 0.2) is 0 Å².